The maximum atomic E-state index is 13.6. The molecule has 21 heavy (non-hydrogen) atoms. The Morgan fingerprint density at radius 2 is 1.71 bits per heavy atom. The molecule has 0 saturated carbocycles. The predicted molar refractivity (Wildman–Crippen MR) is 82.3 cm³/mol. The summed E-state index contributed by atoms with van der Waals surface area (Å²) in [6.07, 6.45) is 0.426. The molecule has 0 spiro atoms. The van der Waals surface area contributed by atoms with Gasteiger partial charge in [0.25, 0.3) is 0 Å². The van der Waals surface area contributed by atoms with Gasteiger partial charge < -0.3 is 4.90 Å². The number of carbonyl (C=O) groups is 1. The average Bonchev–Trinajstić information content (AvgIpc) is 2.50. The summed E-state index contributed by atoms with van der Waals surface area (Å²) in [4.78, 5) is 13.8. The van der Waals surface area contributed by atoms with E-state index in [4.69, 9.17) is 0 Å². The Labute approximate surface area is 125 Å². The van der Waals surface area contributed by atoms with Crippen molar-refractivity contribution in [3.63, 3.8) is 0 Å². The van der Waals surface area contributed by atoms with Crippen molar-refractivity contribution in [1.29, 1.82) is 0 Å². The van der Waals surface area contributed by atoms with Crippen molar-refractivity contribution in [2.24, 2.45) is 0 Å². The average molecular weight is 285 g/mol. The molecule has 0 saturated heterocycles. The number of amides is 1. The molecule has 1 unspecified atom stereocenters. The lowest BCUT2D eigenvalue weighted by atomic mass is 9.97. The van der Waals surface area contributed by atoms with Gasteiger partial charge in [0.15, 0.2) is 0 Å². The molecule has 0 heterocycles. The zero-order valence-corrected chi connectivity index (χ0v) is 12.4. The molecule has 1 atom stereocenters. The van der Waals surface area contributed by atoms with E-state index in [1.54, 1.807) is 30.1 Å². The maximum Gasteiger partial charge on any atom is 0.223 e. The molecular weight excluding hydrogens is 265 g/mol. The zero-order chi connectivity index (χ0) is 15.2. The van der Waals surface area contributed by atoms with Crippen molar-refractivity contribution in [2.45, 2.75) is 25.8 Å². The van der Waals surface area contributed by atoms with Gasteiger partial charge in [-0.1, -0.05) is 55.5 Å². The van der Waals surface area contributed by atoms with Gasteiger partial charge in [-0.25, -0.2) is 4.39 Å². The molecule has 2 rings (SSSR count). The number of hydrogen-bond donors (Lipinski definition) is 0. The fraction of sp³-hybridized carbons (Fsp3) is 0.278. The van der Waals surface area contributed by atoms with Crippen LogP contribution in [0, 0.1) is 5.82 Å². The van der Waals surface area contributed by atoms with Crippen LogP contribution in [0.3, 0.4) is 0 Å². The summed E-state index contributed by atoms with van der Waals surface area (Å²) in [6, 6.07) is 16.5. The first kappa shape index (κ1) is 15.2. The lowest BCUT2D eigenvalue weighted by molar-refractivity contribution is -0.130. The highest BCUT2D eigenvalue weighted by molar-refractivity contribution is 5.76. The van der Waals surface area contributed by atoms with Gasteiger partial charge in [0, 0.05) is 25.6 Å². The highest BCUT2D eigenvalue weighted by Crippen LogP contribution is 2.20. The summed E-state index contributed by atoms with van der Waals surface area (Å²) in [5, 5.41) is 0. The molecule has 0 N–H and O–H groups in total. The second-order valence-electron chi connectivity index (χ2n) is 5.36. The Kier molecular flexibility index (Phi) is 5.09. The number of carbonyl (C=O) groups excluding carboxylic acids is 1. The first-order chi connectivity index (χ1) is 10.1. The number of benzene rings is 2. The zero-order valence-electron chi connectivity index (χ0n) is 12.4. The van der Waals surface area contributed by atoms with E-state index < -0.39 is 0 Å². The number of hydrogen-bond acceptors (Lipinski definition) is 1. The third-order valence-corrected chi connectivity index (χ3v) is 3.64. The number of rotatable bonds is 5. The lowest BCUT2D eigenvalue weighted by Crippen LogP contribution is -2.27. The Bertz CT molecular complexity index is 597. The largest absolute Gasteiger partial charge is 0.341 e. The summed E-state index contributed by atoms with van der Waals surface area (Å²) >= 11 is 0. The van der Waals surface area contributed by atoms with Gasteiger partial charge in [0.05, 0.1) is 0 Å². The summed E-state index contributed by atoms with van der Waals surface area (Å²) in [7, 11) is 1.71. The third kappa shape index (κ3) is 4.15. The summed E-state index contributed by atoms with van der Waals surface area (Å²) in [5.41, 5.74) is 1.69. The third-order valence-electron chi connectivity index (χ3n) is 3.64. The van der Waals surface area contributed by atoms with Crippen LogP contribution in [0.25, 0.3) is 0 Å². The molecule has 0 radical (unpaired) electrons. The predicted octanol–water partition coefficient (Wildman–Crippen LogP) is 3.98. The number of nitrogens with zero attached hydrogens (tertiary/aromatic N) is 1. The molecule has 0 aliphatic carbocycles. The molecule has 0 aliphatic heterocycles. The fourth-order valence-corrected chi connectivity index (χ4v) is 2.29. The van der Waals surface area contributed by atoms with Crippen LogP contribution in [0.2, 0.25) is 0 Å². The van der Waals surface area contributed by atoms with Crippen LogP contribution in [0.4, 0.5) is 4.39 Å². The normalized spacial score (nSPS) is 12.0. The molecule has 1 amide bonds. The molecule has 0 bridgehead atoms. The van der Waals surface area contributed by atoms with Crippen molar-refractivity contribution in [2.75, 3.05) is 7.05 Å². The molecular formula is C18H20FNO. The van der Waals surface area contributed by atoms with Crippen LogP contribution in [0.1, 0.15) is 30.4 Å². The number of halogens is 1. The van der Waals surface area contributed by atoms with E-state index in [9.17, 15) is 9.18 Å². The maximum absolute atomic E-state index is 13.6. The smallest absolute Gasteiger partial charge is 0.223 e. The monoisotopic (exact) mass is 285 g/mol. The first-order valence-corrected chi connectivity index (χ1v) is 7.10. The van der Waals surface area contributed by atoms with Crippen LogP contribution in [0.15, 0.2) is 54.6 Å². The molecule has 0 aromatic heterocycles. The van der Waals surface area contributed by atoms with Crippen LogP contribution in [0.5, 0.6) is 0 Å². The van der Waals surface area contributed by atoms with Crippen molar-refractivity contribution >= 4 is 5.91 Å². The minimum absolute atomic E-state index is 0.0228. The quantitative estimate of drug-likeness (QED) is 0.813. The van der Waals surface area contributed by atoms with E-state index in [-0.39, 0.29) is 17.6 Å². The van der Waals surface area contributed by atoms with Crippen LogP contribution < -0.4 is 0 Å². The topological polar surface area (TPSA) is 20.3 Å². The lowest BCUT2D eigenvalue weighted by Gasteiger charge is -2.20. The molecule has 2 aromatic rings. The van der Waals surface area contributed by atoms with Gasteiger partial charge in [0.2, 0.25) is 5.91 Å². The highest BCUT2D eigenvalue weighted by Gasteiger charge is 2.15. The first-order valence-electron chi connectivity index (χ1n) is 7.10. The van der Waals surface area contributed by atoms with Crippen molar-refractivity contribution in [1.82, 2.24) is 4.90 Å². The highest BCUT2D eigenvalue weighted by atomic mass is 19.1. The molecule has 0 aliphatic rings. The Morgan fingerprint density at radius 1 is 1.10 bits per heavy atom. The van der Waals surface area contributed by atoms with Crippen molar-refractivity contribution < 1.29 is 9.18 Å². The Balaban J connectivity index is 1.95. The van der Waals surface area contributed by atoms with E-state index in [1.807, 2.05) is 37.3 Å². The van der Waals surface area contributed by atoms with E-state index in [1.165, 1.54) is 6.07 Å². The summed E-state index contributed by atoms with van der Waals surface area (Å²) in [6.45, 7) is 2.33. The molecule has 3 heteroatoms. The minimum atomic E-state index is -0.270. The SMILES string of the molecule is CC(CC(=O)N(C)Cc1ccccc1F)c1ccccc1. The molecule has 2 aromatic carbocycles. The van der Waals surface area contributed by atoms with Gasteiger partial charge in [-0.05, 0) is 17.5 Å². The van der Waals surface area contributed by atoms with Crippen LogP contribution >= 0.6 is 0 Å². The van der Waals surface area contributed by atoms with Crippen molar-refractivity contribution in [3.05, 3.63) is 71.5 Å². The second-order valence-corrected chi connectivity index (χ2v) is 5.36. The van der Waals surface area contributed by atoms with Gasteiger partial charge >= 0.3 is 0 Å². The molecule has 0 fully saturated rings. The van der Waals surface area contributed by atoms with Crippen molar-refractivity contribution in [3.8, 4) is 0 Å². The van der Waals surface area contributed by atoms with E-state index in [2.05, 4.69) is 0 Å². The fourth-order valence-electron chi connectivity index (χ4n) is 2.29. The molecule has 110 valence electrons. The Hall–Kier alpha value is -2.16. The van der Waals surface area contributed by atoms with Crippen LogP contribution in [-0.2, 0) is 11.3 Å². The standard InChI is InChI=1S/C18H20FNO/c1-14(15-8-4-3-5-9-15)12-18(21)20(2)13-16-10-6-7-11-17(16)19/h3-11,14H,12-13H2,1-2H3. The van der Waals surface area contributed by atoms with Gasteiger partial charge in [-0.3, -0.25) is 4.79 Å². The van der Waals surface area contributed by atoms with Gasteiger partial charge in [-0.2, -0.15) is 0 Å². The molecule has 2 nitrogen and oxygen atoms in total. The summed E-state index contributed by atoms with van der Waals surface area (Å²) in [5.74, 6) is -0.0929. The second kappa shape index (κ2) is 7.02. The van der Waals surface area contributed by atoms with Crippen LogP contribution in [-0.4, -0.2) is 17.9 Å². The summed E-state index contributed by atoms with van der Waals surface area (Å²) < 4.78 is 13.6. The Morgan fingerprint density at radius 3 is 2.38 bits per heavy atom. The van der Waals surface area contributed by atoms with Gasteiger partial charge in [0.1, 0.15) is 5.82 Å². The minimum Gasteiger partial charge on any atom is -0.341 e. The van der Waals surface area contributed by atoms with E-state index >= 15 is 0 Å². The van der Waals surface area contributed by atoms with E-state index in [0.717, 1.165) is 5.56 Å². The van der Waals surface area contributed by atoms with Gasteiger partial charge in [-0.15, -0.1) is 0 Å². The van der Waals surface area contributed by atoms with E-state index in [0.29, 0.717) is 18.5 Å².